The van der Waals surface area contributed by atoms with E-state index in [2.05, 4.69) is 15.3 Å². The first-order chi connectivity index (χ1) is 15.6. The molecule has 4 rings (SSSR count). The maximum Gasteiger partial charge on any atom is 0.450 e. The van der Waals surface area contributed by atoms with E-state index in [1.807, 2.05) is 0 Å². The van der Waals surface area contributed by atoms with Gasteiger partial charge in [-0.1, -0.05) is 0 Å². The Labute approximate surface area is 185 Å². The summed E-state index contributed by atoms with van der Waals surface area (Å²) in [5.74, 6) is -2.93. The number of nitrogens with one attached hydrogen (secondary N) is 1. The standard InChI is InChI=1S/C21H20F3N5O4/c22-21(23,24)20-28-16(15-8-5-12(30)10-29(15)20)18(32)27-11-3-6-13(7-4-11)33-19-14(17(25)31)2-1-9-26-19/h1-2,5,8-11,13,30H,3-4,6-7H2,(H2,25,31)(H,27,32). The van der Waals surface area contributed by atoms with Gasteiger partial charge in [0.05, 0.1) is 11.7 Å². The number of carbonyl (C=O) groups is 2. The molecule has 0 atom stereocenters. The van der Waals surface area contributed by atoms with E-state index in [-0.39, 0.29) is 40.5 Å². The molecule has 4 N–H and O–H groups in total. The Morgan fingerprint density at radius 1 is 1.18 bits per heavy atom. The summed E-state index contributed by atoms with van der Waals surface area (Å²) in [5.41, 5.74) is 5.06. The molecule has 1 aliphatic carbocycles. The van der Waals surface area contributed by atoms with Crippen molar-refractivity contribution >= 4 is 17.3 Å². The average molecular weight is 463 g/mol. The zero-order valence-corrected chi connectivity index (χ0v) is 17.2. The Hall–Kier alpha value is -3.83. The Morgan fingerprint density at radius 2 is 1.91 bits per heavy atom. The first-order valence-electron chi connectivity index (χ1n) is 10.1. The van der Waals surface area contributed by atoms with E-state index in [0.717, 1.165) is 6.20 Å². The number of primary amides is 1. The summed E-state index contributed by atoms with van der Waals surface area (Å²) in [5, 5.41) is 12.3. The minimum atomic E-state index is -4.81. The molecule has 0 radical (unpaired) electrons. The zero-order chi connectivity index (χ0) is 23.8. The van der Waals surface area contributed by atoms with E-state index in [0.29, 0.717) is 30.1 Å². The quantitative estimate of drug-likeness (QED) is 0.533. The molecule has 0 spiro atoms. The predicted molar refractivity (Wildman–Crippen MR) is 109 cm³/mol. The van der Waals surface area contributed by atoms with Crippen molar-refractivity contribution in [1.82, 2.24) is 19.7 Å². The normalized spacial score (nSPS) is 18.8. The van der Waals surface area contributed by atoms with Crippen LogP contribution in [0.25, 0.3) is 5.52 Å². The van der Waals surface area contributed by atoms with Gasteiger partial charge in [0.2, 0.25) is 11.7 Å². The number of rotatable bonds is 5. The Kier molecular flexibility index (Phi) is 5.83. The van der Waals surface area contributed by atoms with Gasteiger partial charge in [-0.3, -0.25) is 14.0 Å². The highest BCUT2D eigenvalue weighted by Crippen LogP contribution is 2.31. The summed E-state index contributed by atoms with van der Waals surface area (Å²) in [7, 11) is 0. The number of alkyl halides is 3. The summed E-state index contributed by atoms with van der Waals surface area (Å²) in [6.45, 7) is 0. The van der Waals surface area contributed by atoms with Crippen LogP contribution < -0.4 is 15.8 Å². The minimum Gasteiger partial charge on any atom is -0.506 e. The van der Waals surface area contributed by atoms with Gasteiger partial charge < -0.3 is 20.9 Å². The van der Waals surface area contributed by atoms with Crippen molar-refractivity contribution in [3.8, 4) is 11.6 Å². The first kappa shape index (κ1) is 22.4. The highest BCUT2D eigenvalue weighted by atomic mass is 19.4. The lowest BCUT2D eigenvalue weighted by molar-refractivity contribution is -0.145. The molecule has 0 saturated heterocycles. The fraction of sp³-hybridized carbons (Fsp3) is 0.333. The van der Waals surface area contributed by atoms with Crippen LogP contribution in [0.5, 0.6) is 11.6 Å². The molecule has 0 bridgehead atoms. The average Bonchev–Trinajstić information content (AvgIpc) is 3.14. The van der Waals surface area contributed by atoms with Crippen LogP contribution in [-0.4, -0.2) is 43.4 Å². The molecule has 9 nitrogen and oxygen atoms in total. The molecule has 0 unspecified atom stereocenters. The van der Waals surface area contributed by atoms with Gasteiger partial charge in [0.1, 0.15) is 17.4 Å². The molecule has 1 saturated carbocycles. The zero-order valence-electron chi connectivity index (χ0n) is 17.2. The van der Waals surface area contributed by atoms with Gasteiger partial charge >= 0.3 is 6.18 Å². The minimum absolute atomic E-state index is 0.0659. The molecule has 1 fully saturated rings. The van der Waals surface area contributed by atoms with Gasteiger partial charge in [-0.2, -0.15) is 13.2 Å². The third kappa shape index (κ3) is 4.69. The fourth-order valence-electron chi connectivity index (χ4n) is 3.85. The molecule has 3 heterocycles. The van der Waals surface area contributed by atoms with Crippen LogP contribution >= 0.6 is 0 Å². The van der Waals surface area contributed by atoms with Gasteiger partial charge in [0.15, 0.2) is 5.69 Å². The number of imidazole rings is 1. The van der Waals surface area contributed by atoms with Gasteiger partial charge in [0, 0.05) is 12.2 Å². The number of amides is 2. The van der Waals surface area contributed by atoms with Crippen molar-refractivity contribution in [2.24, 2.45) is 5.73 Å². The molecular weight excluding hydrogens is 443 g/mol. The molecule has 3 aromatic rings. The second kappa shape index (κ2) is 8.60. The number of aromatic hydroxyl groups is 1. The van der Waals surface area contributed by atoms with E-state index < -0.39 is 23.8 Å². The molecule has 174 valence electrons. The van der Waals surface area contributed by atoms with Crippen LogP contribution in [0, 0.1) is 0 Å². The Balaban J connectivity index is 1.43. The molecule has 0 aromatic carbocycles. The van der Waals surface area contributed by atoms with Crippen molar-refractivity contribution in [2.45, 2.75) is 44.0 Å². The first-order valence-corrected chi connectivity index (χ1v) is 10.1. The molecule has 1 aliphatic rings. The predicted octanol–water partition coefficient (Wildman–Crippen LogP) is 2.67. The third-order valence-corrected chi connectivity index (χ3v) is 5.41. The number of nitrogens with two attached hydrogens (primary N) is 1. The van der Waals surface area contributed by atoms with E-state index >= 15 is 0 Å². The highest BCUT2D eigenvalue weighted by Gasteiger charge is 2.38. The maximum absolute atomic E-state index is 13.3. The fourth-order valence-corrected chi connectivity index (χ4v) is 3.85. The molecule has 2 amide bonds. The third-order valence-electron chi connectivity index (χ3n) is 5.41. The van der Waals surface area contributed by atoms with E-state index in [1.165, 1.54) is 24.4 Å². The number of carbonyl (C=O) groups excluding carboxylic acids is 2. The summed E-state index contributed by atoms with van der Waals surface area (Å²) >= 11 is 0. The van der Waals surface area contributed by atoms with Gasteiger partial charge in [-0.25, -0.2) is 9.97 Å². The van der Waals surface area contributed by atoms with Gasteiger partial charge in [0.25, 0.3) is 11.8 Å². The Bertz CT molecular complexity index is 1200. The lowest BCUT2D eigenvalue weighted by Crippen LogP contribution is -2.40. The largest absolute Gasteiger partial charge is 0.506 e. The van der Waals surface area contributed by atoms with Crippen LogP contribution in [0.3, 0.4) is 0 Å². The van der Waals surface area contributed by atoms with Crippen LogP contribution in [0.1, 0.15) is 52.4 Å². The molecule has 3 aromatic heterocycles. The number of ether oxygens (including phenoxy) is 1. The summed E-state index contributed by atoms with van der Waals surface area (Å²) in [6.07, 6.45) is -0.627. The van der Waals surface area contributed by atoms with Gasteiger partial charge in [-0.05, 0) is 49.9 Å². The second-order valence-electron chi connectivity index (χ2n) is 7.71. The molecule has 0 aliphatic heterocycles. The number of hydrogen-bond acceptors (Lipinski definition) is 6. The van der Waals surface area contributed by atoms with Crippen molar-refractivity contribution < 1.29 is 32.6 Å². The van der Waals surface area contributed by atoms with Crippen molar-refractivity contribution in [2.75, 3.05) is 0 Å². The number of halogens is 3. The topological polar surface area (TPSA) is 132 Å². The number of nitrogens with zero attached hydrogens (tertiary/aromatic N) is 3. The van der Waals surface area contributed by atoms with Crippen LogP contribution in [-0.2, 0) is 6.18 Å². The van der Waals surface area contributed by atoms with Gasteiger partial charge in [-0.15, -0.1) is 0 Å². The van der Waals surface area contributed by atoms with Crippen molar-refractivity contribution in [1.29, 1.82) is 0 Å². The second-order valence-corrected chi connectivity index (χ2v) is 7.71. The summed E-state index contributed by atoms with van der Waals surface area (Å²) in [6, 6.07) is 5.19. The summed E-state index contributed by atoms with van der Waals surface area (Å²) in [4.78, 5) is 31.8. The highest BCUT2D eigenvalue weighted by molar-refractivity contribution is 5.99. The van der Waals surface area contributed by atoms with E-state index in [1.54, 1.807) is 6.07 Å². The van der Waals surface area contributed by atoms with Crippen LogP contribution in [0.2, 0.25) is 0 Å². The van der Waals surface area contributed by atoms with E-state index in [4.69, 9.17) is 10.5 Å². The van der Waals surface area contributed by atoms with Crippen LogP contribution in [0.15, 0.2) is 36.7 Å². The molecule has 33 heavy (non-hydrogen) atoms. The number of fused-ring (bicyclic) bond motifs is 1. The van der Waals surface area contributed by atoms with Crippen LogP contribution in [0.4, 0.5) is 13.2 Å². The Morgan fingerprint density at radius 3 is 2.58 bits per heavy atom. The number of hydrogen-bond donors (Lipinski definition) is 3. The number of pyridine rings is 2. The van der Waals surface area contributed by atoms with Crippen molar-refractivity contribution in [3.05, 3.63) is 53.7 Å². The van der Waals surface area contributed by atoms with Crippen molar-refractivity contribution in [3.63, 3.8) is 0 Å². The SMILES string of the molecule is NC(=O)c1cccnc1OC1CCC(NC(=O)c2nc(C(F)(F)F)n3cc(O)ccc23)CC1. The molecule has 12 heteroatoms. The number of aromatic nitrogens is 3. The maximum atomic E-state index is 13.3. The summed E-state index contributed by atoms with van der Waals surface area (Å²) < 4.78 is 46.5. The monoisotopic (exact) mass is 463 g/mol. The lowest BCUT2D eigenvalue weighted by Gasteiger charge is -2.29. The lowest BCUT2D eigenvalue weighted by atomic mass is 9.93. The smallest absolute Gasteiger partial charge is 0.450 e. The molecular formula is C21H20F3N5O4. The van der Waals surface area contributed by atoms with E-state index in [9.17, 15) is 27.9 Å².